The summed E-state index contributed by atoms with van der Waals surface area (Å²) in [6.45, 7) is 2.44. The number of amides is 1. The van der Waals surface area contributed by atoms with Crippen LogP contribution in [-0.2, 0) is 18.0 Å². The second-order valence-electron chi connectivity index (χ2n) is 5.31. The Hall–Kier alpha value is -1.79. The number of ether oxygens (including phenoxy) is 1. The van der Waals surface area contributed by atoms with E-state index in [0.717, 1.165) is 17.7 Å². The molecule has 3 rings (SSSR count). The third-order valence-electron chi connectivity index (χ3n) is 3.71. The first-order valence-corrected chi connectivity index (χ1v) is 6.70. The summed E-state index contributed by atoms with van der Waals surface area (Å²) < 4.78 is 5.37. The van der Waals surface area contributed by atoms with Crippen molar-refractivity contribution in [1.82, 2.24) is 4.90 Å². The van der Waals surface area contributed by atoms with Crippen LogP contribution in [0.25, 0.3) is 0 Å². The topological polar surface area (TPSA) is 29.5 Å². The Bertz CT molecular complexity index is 540. The molecule has 0 N–H and O–H groups in total. The molecule has 0 spiro atoms. The Balaban J connectivity index is 1.78. The fourth-order valence-corrected chi connectivity index (χ4v) is 2.43. The van der Waals surface area contributed by atoms with Crippen molar-refractivity contribution in [3.63, 3.8) is 0 Å². The van der Waals surface area contributed by atoms with E-state index in [-0.39, 0.29) is 5.91 Å². The second-order valence-corrected chi connectivity index (χ2v) is 5.31. The van der Waals surface area contributed by atoms with Crippen LogP contribution < -0.4 is 0 Å². The number of carbonyl (C=O) groups is 1. The Morgan fingerprint density at radius 1 is 1.37 bits per heavy atom. The van der Waals surface area contributed by atoms with Crippen molar-refractivity contribution in [2.75, 3.05) is 13.1 Å². The monoisotopic (exact) mass is 255 g/mol. The summed E-state index contributed by atoms with van der Waals surface area (Å²) in [6, 6.07) is 5.81. The van der Waals surface area contributed by atoms with Gasteiger partial charge in [-0.25, -0.2) is 0 Å². The molecular formula is C16H17NO2. The lowest BCUT2D eigenvalue weighted by molar-refractivity contribution is 0.0769. The van der Waals surface area contributed by atoms with Gasteiger partial charge in [-0.15, -0.1) is 6.42 Å². The summed E-state index contributed by atoms with van der Waals surface area (Å²) in [6.07, 6.45) is 7.80. The lowest BCUT2D eigenvalue weighted by atomic mass is 10.1. The maximum absolute atomic E-state index is 12.5. The smallest absolute Gasteiger partial charge is 0.254 e. The average molecular weight is 255 g/mol. The fourth-order valence-electron chi connectivity index (χ4n) is 2.43. The van der Waals surface area contributed by atoms with Gasteiger partial charge in [-0.1, -0.05) is 12.0 Å². The first-order valence-electron chi connectivity index (χ1n) is 6.70. The van der Waals surface area contributed by atoms with E-state index in [4.69, 9.17) is 11.2 Å². The van der Waals surface area contributed by atoms with Gasteiger partial charge in [-0.05, 0) is 42.0 Å². The highest BCUT2D eigenvalue weighted by molar-refractivity contribution is 5.94. The van der Waals surface area contributed by atoms with E-state index in [1.54, 1.807) is 4.90 Å². The molecule has 1 amide bonds. The number of rotatable bonds is 4. The molecule has 1 aliphatic carbocycles. The molecule has 1 heterocycles. The third kappa shape index (κ3) is 2.64. The Morgan fingerprint density at radius 3 is 2.89 bits per heavy atom. The Kier molecular flexibility index (Phi) is 3.27. The molecule has 1 saturated carbocycles. The highest BCUT2D eigenvalue weighted by Gasteiger charge is 2.27. The highest BCUT2D eigenvalue weighted by Crippen LogP contribution is 2.30. The van der Waals surface area contributed by atoms with Crippen molar-refractivity contribution < 1.29 is 9.53 Å². The van der Waals surface area contributed by atoms with Crippen LogP contribution in [0.1, 0.15) is 34.3 Å². The molecule has 0 radical (unpaired) electrons. The van der Waals surface area contributed by atoms with E-state index in [1.165, 1.54) is 18.4 Å². The lowest BCUT2D eigenvalue weighted by Crippen LogP contribution is -2.33. The number of carbonyl (C=O) groups excluding carboxylic acids is 1. The zero-order valence-electron chi connectivity index (χ0n) is 10.9. The van der Waals surface area contributed by atoms with Gasteiger partial charge in [0.25, 0.3) is 5.91 Å². The molecule has 0 bridgehead atoms. The molecule has 0 unspecified atom stereocenters. The van der Waals surface area contributed by atoms with Crippen LogP contribution in [0.3, 0.4) is 0 Å². The first-order chi connectivity index (χ1) is 9.28. The lowest BCUT2D eigenvalue weighted by Gasteiger charge is -2.20. The van der Waals surface area contributed by atoms with Gasteiger partial charge < -0.3 is 9.64 Å². The van der Waals surface area contributed by atoms with Crippen molar-refractivity contribution in [3.05, 3.63) is 34.9 Å². The quantitative estimate of drug-likeness (QED) is 0.772. The normalized spacial score (nSPS) is 16.8. The molecular weight excluding hydrogens is 238 g/mol. The number of hydrogen-bond donors (Lipinski definition) is 0. The average Bonchev–Trinajstić information content (AvgIpc) is 3.11. The first kappa shape index (κ1) is 12.3. The maximum Gasteiger partial charge on any atom is 0.254 e. The highest BCUT2D eigenvalue weighted by atomic mass is 16.5. The van der Waals surface area contributed by atoms with Crippen LogP contribution in [-0.4, -0.2) is 23.9 Å². The molecule has 1 aromatic rings. The van der Waals surface area contributed by atoms with E-state index in [1.807, 2.05) is 18.2 Å². The molecule has 1 aliphatic heterocycles. The molecule has 19 heavy (non-hydrogen) atoms. The summed E-state index contributed by atoms with van der Waals surface area (Å²) in [5.41, 5.74) is 3.03. The van der Waals surface area contributed by atoms with Gasteiger partial charge >= 0.3 is 0 Å². The van der Waals surface area contributed by atoms with Crippen LogP contribution in [0.4, 0.5) is 0 Å². The number of benzene rings is 1. The van der Waals surface area contributed by atoms with E-state index in [0.29, 0.717) is 25.7 Å². The minimum Gasteiger partial charge on any atom is -0.372 e. The molecule has 3 heteroatoms. The number of terminal acetylenes is 1. The Labute approximate surface area is 113 Å². The Morgan fingerprint density at radius 2 is 2.16 bits per heavy atom. The second kappa shape index (κ2) is 5.07. The molecule has 0 atom stereocenters. The van der Waals surface area contributed by atoms with Crippen LogP contribution in [0.15, 0.2) is 18.2 Å². The third-order valence-corrected chi connectivity index (χ3v) is 3.71. The van der Waals surface area contributed by atoms with Gasteiger partial charge in [-0.2, -0.15) is 0 Å². The van der Waals surface area contributed by atoms with Gasteiger partial charge in [0.15, 0.2) is 0 Å². The van der Waals surface area contributed by atoms with Gasteiger partial charge in [0.2, 0.25) is 0 Å². The van der Waals surface area contributed by atoms with E-state index in [9.17, 15) is 4.79 Å². The summed E-state index contributed by atoms with van der Waals surface area (Å²) >= 11 is 0. The van der Waals surface area contributed by atoms with E-state index >= 15 is 0 Å². The molecule has 98 valence electrons. The zero-order chi connectivity index (χ0) is 13.2. The molecule has 1 aromatic carbocycles. The SMILES string of the molecule is C#CCN(CC1CC1)C(=O)c1ccc2c(c1)COC2. The molecule has 1 fully saturated rings. The summed E-state index contributed by atoms with van der Waals surface area (Å²) in [4.78, 5) is 14.3. The van der Waals surface area contributed by atoms with Crippen LogP contribution >= 0.6 is 0 Å². The number of hydrogen-bond acceptors (Lipinski definition) is 2. The van der Waals surface area contributed by atoms with Crippen LogP contribution in [0, 0.1) is 18.3 Å². The van der Waals surface area contributed by atoms with E-state index < -0.39 is 0 Å². The predicted molar refractivity (Wildman–Crippen MR) is 72.4 cm³/mol. The standard InChI is InChI=1S/C16H17NO2/c1-2-7-17(9-12-3-4-12)16(18)13-5-6-14-10-19-11-15(14)8-13/h1,5-6,8,12H,3-4,7,9-11H2. The predicted octanol–water partition coefficient (Wildman–Crippen LogP) is 2.20. The molecule has 3 nitrogen and oxygen atoms in total. The maximum atomic E-state index is 12.5. The van der Waals surface area contributed by atoms with Crippen LogP contribution in [0.2, 0.25) is 0 Å². The number of nitrogens with zero attached hydrogens (tertiary/aromatic N) is 1. The van der Waals surface area contributed by atoms with Gasteiger partial charge in [0.1, 0.15) is 0 Å². The summed E-state index contributed by atoms with van der Waals surface area (Å²) in [7, 11) is 0. The van der Waals surface area contributed by atoms with Crippen molar-refractivity contribution in [3.8, 4) is 12.3 Å². The van der Waals surface area contributed by atoms with Crippen molar-refractivity contribution in [2.45, 2.75) is 26.1 Å². The minimum absolute atomic E-state index is 0.0413. The zero-order valence-corrected chi connectivity index (χ0v) is 10.9. The van der Waals surface area contributed by atoms with Crippen LogP contribution in [0.5, 0.6) is 0 Å². The minimum atomic E-state index is 0.0413. The summed E-state index contributed by atoms with van der Waals surface area (Å²) in [5.74, 6) is 3.27. The van der Waals surface area contributed by atoms with Gasteiger partial charge in [-0.3, -0.25) is 4.79 Å². The largest absolute Gasteiger partial charge is 0.372 e. The van der Waals surface area contributed by atoms with Gasteiger partial charge in [0, 0.05) is 12.1 Å². The molecule has 0 saturated heterocycles. The van der Waals surface area contributed by atoms with Crippen molar-refractivity contribution in [1.29, 1.82) is 0 Å². The van der Waals surface area contributed by atoms with Crippen molar-refractivity contribution >= 4 is 5.91 Å². The van der Waals surface area contributed by atoms with Gasteiger partial charge in [0.05, 0.1) is 19.8 Å². The van der Waals surface area contributed by atoms with E-state index in [2.05, 4.69) is 5.92 Å². The summed E-state index contributed by atoms with van der Waals surface area (Å²) in [5, 5.41) is 0. The molecule has 2 aliphatic rings. The number of fused-ring (bicyclic) bond motifs is 1. The fraction of sp³-hybridized carbons (Fsp3) is 0.438. The molecule has 0 aromatic heterocycles. The van der Waals surface area contributed by atoms with Crippen molar-refractivity contribution in [2.24, 2.45) is 5.92 Å².